The van der Waals surface area contributed by atoms with Gasteiger partial charge in [-0.1, -0.05) is 6.07 Å². The Hall–Kier alpha value is -3.55. The van der Waals surface area contributed by atoms with Gasteiger partial charge in [-0.05, 0) is 43.5 Å². The Morgan fingerprint density at radius 1 is 0.675 bits per heavy atom. The molecule has 3 nitrogen and oxygen atoms in total. The Morgan fingerprint density at radius 3 is 1.80 bits per heavy atom. The van der Waals surface area contributed by atoms with Gasteiger partial charge in [0.25, 0.3) is 0 Å². The van der Waals surface area contributed by atoms with Crippen molar-refractivity contribution in [3.8, 4) is 11.5 Å². The lowest BCUT2D eigenvalue weighted by Crippen LogP contribution is -2.27. The predicted octanol–water partition coefficient (Wildman–Crippen LogP) is 8.20. The molecular formula is C26H17F11O3. The molecular weight excluding hydrogens is 569 g/mol. The number of ether oxygens (including phenoxy) is 3. The van der Waals surface area contributed by atoms with Crippen molar-refractivity contribution in [1.29, 1.82) is 0 Å². The first kappa shape index (κ1) is 29.4. The van der Waals surface area contributed by atoms with Gasteiger partial charge in [0.05, 0.1) is 12.7 Å². The van der Waals surface area contributed by atoms with Gasteiger partial charge in [0, 0.05) is 18.1 Å². The van der Waals surface area contributed by atoms with Crippen LogP contribution in [0.25, 0.3) is 0 Å². The largest absolute Gasteiger partial charge is 0.429 e. The maximum atomic E-state index is 14.7. The van der Waals surface area contributed by atoms with Gasteiger partial charge in [-0.15, -0.1) is 0 Å². The van der Waals surface area contributed by atoms with Crippen LogP contribution in [0.3, 0.4) is 0 Å². The van der Waals surface area contributed by atoms with Gasteiger partial charge in [-0.3, -0.25) is 0 Å². The summed E-state index contributed by atoms with van der Waals surface area (Å²) in [5.41, 5.74) is -3.85. The van der Waals surface area contributed by atoms with Crippen molar-refractivity contribution in [2.45, 2.75) is 44.0 Å². The van der Waals surface area contributed by atoms with Gasteiger partial charge < -0.3 is 14.2 Å². The number of alkyl halides is 4. The van der Waals surface area contributed by atoms with Crippen LogP contribution in [0.4, 0.5) is 48.3 Å². The molecule has 40 heavy (non-hydrogen) atoms. The molecule has 0 aromatic heterocycles. The average Bonchev–Trinajstić information content (AvgIpc) is 2.87. The first-order valence-corrected chi connectivity index (χ1v) is 11.5. The molecule has 3 aromatic rings. The summed E-state index contributed by atoms with van der Waals surface area (Å²) in [5, 5.41) is 0. The van der Waals surface area contributed by atoms with Crippen LogP contribution < -0.4 is 9.47 Å². The van der Waals surface area contributed by atoms with Crippen LogP contribution in [0.1, 0.15) is 42.4 Å². The summed E-state index contributed by atoms with van der Waals surface area (Å²) in [6, 6.07) is 1.52. The van der Waals surface area contributed by atoms with Gasteiger partial charge in [0.2, 0.25) is 5.82 Å². The van der Waals surface area contributed by atoms with Crippen molar-refractivity contribution in [2.24, 2.45) is 0 Å². The zero-order chi connectivity index (χ0) is 29.6. The summed E-state index contributed by atoms with van der Waals surface area (Å²) < 4.78 is 170. The minimum absolute atomic E-state index is 0.000615. The topological polar surface area (TPSA) is 27.7 Å². The minimum atomic E-state index is -4.85. The summed E-state index contributed by atoms with van der Waals surface area (Å²) in [6.45, 7) is 1.78. The maximum Gasteiger partial charge on any atom is 0.429 e. The summed E-state index contributed by atoms with van der Waals surface area (Å²) in [7, 11) is 0. The first-order chi connectivity index (χ1) is 18.6. The van der Waals surface area contributed by atoms with Crippen LogP contribution >= 0.6 is 0 Å². The average molecular weight is 586 g/mol. The Kier molecular flexibility index (Phi) is 7.94. The summed E-state index contributed by atoms with van der Waals surface area (Å²) in [6.07, 6.45) is -8.88. The SMILES string of the molecule is CC1CCC(c2ccc(C(F)(F)Oc3ccc(C(F)(F)Oc4cc(F)c(F)c(F)c4)c(F)c3F)c(F)c2F)CO1. The molecule has 216 valence electrons. The molecule has 0 spiro atoms. The van der Waals surface area contributed by atoms with Gasteiger partial charge >= 0.3 is 12.2 Å². The highest BCUT2D eigenvalue weighted by atomic mass is 19.3. The third-order valence-electron chi connectivity index (χ3n) is 6.17. The van der Waals surface area contributed by atoms with Crippen LogP contribution in [0.5, 0.6) is 11.5 Å². The summed E-state index contributed by atoms with van der Waals surface area (Å²) >= 11 is 0. The second-order valence-electron chi connectivity index (χ2n) is 8.93. The van der Waals surface area contributed by atoms with E-state index in [0.29, 0.717) is 18.9 Å². The normalized spacial score (nSPS) is 18.1. The molecule has 14 heteroatoms. The molecule has 1 aliphatic heterocycles. The van der Waals surface area contributed by atoms with Gasteiger partial charge in [0.15, 0.2) is 40.7 Å². The lowest BCUT2D eigenvalue weighted by Gasteiger charge is -2.28. The lowest BCUT2D eigenvalue weighted by molar-refractivity contribution is -0.191. The molecule has 0 N–H and O–H groups in total. The second kappa shape index (κ2) is 10.8. The number of benzene rings is 3. The highest BCUT2D eigenvalue weighted by Gasteiger charge is 2.43. The third kappa shape index (κ3) is 5.67. The molecule has 0 bridgehead atoms. The lowest BCUT2D eigenvalue weighted by atomic mass is 9.90. The van der Waals surface area contributed by atoms with E-state index in [1.165, 1.54) is 0 Å². The second-order valence-corrected chi connectivity index (χ2v) is 8.93. The summed E-state index contributed by atoms with van der Waals surface area (Å²) in [5.74, 6) is -18.0. The van der Waals surface area contributed by atoms with Crippen molar-refractivity contribution in [1.82, 2.24) is 0 Å². The van der Waals surface area contributed by atoms with Gasteiger partial charge in [-0.25, -0.2) is 26.3 Å². The van der Waals surface area contributed by atoms with Crippen LogP contribution in [-0.4, -0.2) is 12.7 Å². The fraction of sp³-hybridized carbons (Fsp3) is 0.308. The smallest absolute Gasteiger partial charge is 0.429 e. The molecule has 0 saturated carbocycles. The van der Waals surface area contributed by atoms with Crippen molar-refractivity contribution in [2.75, 3.05) is 6.61 Å². The molecule has 1 aliphatic rings. The zero-order valence-electron chi connectivity index (χ0n) is 20.1. The standard InChI is InChI=1S/C26H17F11O3/c1-11-2-3-12(10-38-11)14-4-5-15(21(30)20(14)29)26(36,37)40-19-7-6-16(22(31)24(19)33)25(34,35)39-13-8-17(27)23(32)18(28)9-13/h4-9,11-12H,2-3,10H2,1H3. The van der Waals surface area contributed by atoms with E-state index in [1.807, 2.05) is 0 Å². The highest BCUT2D eigenvalue weighted by molar-refractivity contribution is 5.36. The van der Waals surface area contributed by atoms with Crippen LogP contribution in [-0.2, 0) is 17.0 Å². The summed E-state index contributed by atoms with van der Waals surface area (Å²) in [4.78, 5) is 0. The molecule has 1 saturated heterocycles. The van der Waals surface area contributed by atoms with E-state index in [1.54, 1.807) is 6.92 Å². The molecule has 0 aliphatic carbocycles. The van der Waals surface area contributed by atoms with Crippen molar-refractivity contribution in [3.05, 3.63) is 93.8 Å². The van der Waals surface area contributed by atoms with Crippen molar-refractivity contribution in [3.63, 3.8) is 0 Å². The number of hydrogen-bond acceptors (Lipinski definition) is 3. The molecule has 1 fully saturated rings. The number of halogens is 11. The predicted molar refractivity (Wildman–Crippen MR) is 115 cm³/mol. The van der Waals surface area contributed by atoms with E-state index in [4.69, 9.17) is 4.74 Å². The van der Waals surface area contributed by atoms with Crippen LogP contribution in [0, 0.1) is 40.7 Å². The van der Waals surface area contributed by atoms with Crippen molar-refractivity contribution >= 4 is 0 Å². The molecule has 4 rings (SSSR count). The van der Waals surface area contributed by atoms with Crippen LogP contribution in [0.15, 0.2) is 36.4 Å². The number of rotatable bonds is 7. The van der Waals surface area contributed by atoms with E-state index < -0.39 is 81.5 Å². The van der Waals surface area contributed by atoms with E-state index in [9.17, 15) is 48.3 Å². The van der Waals surface area contributed by atoms with Crippen molar-refractivity contribution < 1.29 is 62.5 Å². The maximum absolute atomic E-state index is 14.7. The van der Waals surface area contributed by atoms with Gasteiger partial charge in [-0.2, -0.15) is 22.0 Å². The Bertz CT molecular complexity index is 1400. The van der Waals surface area contributed by atoms with E-state index in [2.05, 4.69) is 9.47 Å². The fourth-order valence-electron chi connectivity index (χ4n) is 4.06. The molecule has 0 amide bonds. The Balaban J connectivity index is 1.58. The highest BCUT2D eigenvalue weighted by Crippen LogP contribution is 2.41. The molecule has 1 heterocycles. The zero-order valence-corrected chi connectivity index (χ0v) is 20.1. The third-order valence-corrected chi connectivity index (χ3v) is 6.17. The number of hydrogen-bond donors (Lipinski definition) is 0. The monoisotopic (exact) mass is 586 g/mol. The Labute approximate surface area is 219 Å². The van der Waals surface area contributed by atoms with E-state index in [0.717, 1.165) is 6.07 Å². The van der Waals surface area contributed by atoms with E-state index in [-0.39, 0.29) is 42.5 Å². The van der Waals surface area contributed by atoms with Crippen LogP contribution in [0.2, 0.25) is 0 Å². The molecule has 2 unspecified atom stereocenters. The fourth-order valence-corrected chi connectivity index (χ4v) is 4.06. The molecule has 3 aromatic carbocycles. The molecule has 0 radical (unpaired) electrons. The Morgan fingerprint density at radius 2 is 1.23 bits per heavy atom. The minimum Gasteiger partial charge on any atom is -0.429 e. The quantitative estimate of drug-likeness (QED) is 0.206. The van der Waals surface area contributed by atoms with Gasteiger partial charge in [0.1, 0.15) is 16.9 Å². The first-order valence-electron chi connectivity index (χ1n) is 11.5. The van der Waals surface area contributed by atoms with E-state index >= 15 is 0 Å². The molecule has 2 atom stereocenters.